The molecule has 1 aliphatic heterocycles. The minimum absolute atomic E-state index is 0.478. The predicted molar refractivity (Wildman–Crippen MR) is 70.6 cm³/mol. The average molecular weight is 308 g/mol. The van der Waals surface area contributed by atoms with E-state index in [1.165, 1.54) is 4.88 Å². The molecule has 1 aromatic rings. The molecule has 5 heteroatoms. The van der Waals surface area contributed by atoms with Crippen LogP contribution in [-0.4, -0.2) is 28.8 Å². The van der Waals surface area contributed by atoms with Crippen molar-refractivity contribution in [1.29, 1.82) is 0 Å². The first-order valence-electron chi connectivity index (χ1n) is 4.92. The van der Waals surface area contributed by atoms with E-state index in [9.17, 15) is 5.11 Å². The molecule has 0 radical (unpaired) electrons. The highest BCUT2D eigenvalue weighted by atomic mass is 79.9. The van der Waals surface area contributed by atoms with Crippen LogP contribution < -0.4 is 5.32 Å². The standard InChI is InChI=1S/C10H14BrNOS2/c11-8-1-3-15-9(8)5-12-6-10(13)2-4-14-7-10/h1,3,12-13H,2,4-7H2/t10-/m1/s1. The van der Waals surface area contributed by atoms with Gasteiger partial charge in [0.25, 0.3) is 0 Å². The molecule has 0 bridgehead atoms. The van der Waals surface area contributed by atoms with Crippen molar-refractivity contribution < 1.29 is 5.11 Å². The third-order valence-corrected chi connectivity index (χ3v) is 5.67. The lowest BCUT2D eigenvalue weighted by Crippen LogP contribution is -2.40. The van der Waals surface area contributed by atoms with E-state index >= 15 is 0 Å². The molecule has 0 spiro atoms. The fourth-order valence-corrected chi connectivity index (χ4v) is 4.35. The summed E-state index contributed by atoms with van der Waals surface area (Å²) in [5.41, 5.74) is -0.478. The van der Waals surface area contributed by atoms with Crippen molar-refractivity contribution >= 4 is 39.0 Å². The summed E-state index contributed by atoms with van der Waals surface area (Å²) in [4.78, 5) is 1.30. The van der Waals surface area contributed by atoms with E-state index in [-0.39, 0.29) is 0 Å². The van der Waals surface area contributed by atoms with E-state index < -0.39 is 5.60 Å². The molecule has 0 aliphatic carbocycles. The second-order valence-electron chi connectivity index (χ2n) is 3.82. The van der Waals surface area contributed by atoms with Crippen LogP contribution in [0.4, 0.5) is 0 Å². The van der Waals surface area contributed by atoms with E-state index in [0.29, 0.717) is 6.54 Å². The van der Waals surface area contributed by atoms with Crippen molar-refractivity contribution in [3.05, 3.63) is 20.8 Å². The number of aliphatic hydroxyl groups is 1. The van der Waals surface area contributed by atoms with Crippen LogP contribution in [0.2, 0.25) is 0 Å². The normalized spacial score (nSPS) is 26.0. The lowest BCUT2D eigenvalue weighted by atomic mass is 10.0. The Hall–Kier alpha value is 0.450. The molecule has 0 amide bonds. The highest BCUT2D eigenvalue weighted by Crippen LogP contribution is 2.27. The van der Waals surface area contributed by atoms with E-state index in [0.717, 1.165) is 28.9 Å². The highest BCUT2D eigenvalue weighted by Gasteiger charge is 2.30. The third-order valence-electron chi connectivity index (χ3n) is 2.51. The van der Waals surface area contributed by atoms with Gasteiger partial charge < -0.3 is 10.4 Å². The zero-order valence-electron chi connectivity index (χ0n) is 8.33. The van der Waals surface area contributed by atoms with Crippen LogP contribution >= 0.6 is 39.0 Å². The summed E-state index contributed by atoms with van der Waals surface area (Å²) in [5, 5.41) is 15.5. The largest absolute Gasteiger partial charge is 0.388 e. The Morgan fingerprint density at radius 1 is 1.60 bits per heavy atom. The maximum Gasteiger partial charge on any atom is 0.0869 e. The molecule has 1 fully saturated rings. The van der Waals surface area contributed by atoms with E-state index in [1.807, 2.05) is 11.8 Å². The first-order chi connectivity index (χ1) is 7.20. The molecule has 84 valence electrons. The number of thiophene rings is 1. The van der Waals surface area contributed by atoms with Gasteiger partial charge in [0, 0.05) is 28.2 Å². The summed E-state index contributed by atoms with van der Waals surface area (Å²) >= 11 is 7.07. The smallest absolute Gasteiger partial charge is 0.0869 e. The van der Waals surface area contributed by atoms with Crippen LogP contribution in [0.1, 0.15) is 11.3 Å². The van der Waals surface area contributed by atoms with E-state index in [1.54, 1.807) is 11.3 Å². The van der Waals surface area contributed by atoms with Crippen molar-refractivity contribution in [3.63, 3.8) is 0 Å². The van der Waals surface area contributed by atoms with Crippen molar-refractivity contribution in [1.82, 2.24) is 5.32 Å². The molecule has 2 heterocycles. The van der Waals surface area contributed by atoms with E-state index in [4.69, 9.17) is 0 Å². The first-order valence-corrected chi connectivity index (χ1v) is 7.75. The summed E-state index contributed by atoms with van der Waals surface area (Å²) in [6, 6.07) is 2.06. The van der Waals surface area contributed by atoms with Crippen LogP contribution in [0.15, 0.2) is 15.9 Å². The van der Waals surface area contributed by atoms with E-state index in [2.05, 4.69) is 32.7 Å². The van der Waals surface area contributed by atoms with Crippen molar-refractivity contribution in [2.45, 2.75) is 18.6 Å². The van der Waals surface area contributed by atoms with Gasteiger partial charge in [0.2, 0.25) is 0 Å². The first kappa shape index (κ1) is 11.9. The van der Waals surface area contributed by atoms with Gasteiger partial charge in [0.15, 0.2) is 0 Å². The summed E-state index contributed by atoms with van der Waals surface area (Å²) in [6.07, 6.45) is 0.913. The summed E-state index contributed by atoms with van der Waals surface area (Å²) < 4.78 is 1.16. The summed E-state index contributed by atoms with van der Waals surface area (Å²) in [6.45, 7) is 1.54. The van der Waals surface area contributed by atoms with Crippen molar-refractivity contribution in [3.8, 4) is 0 Å². The molecule has 1 aromatic heterocycles. The molecular weight excluding hydrogens is 294 g/mol. The molecule has 2 rings (SSSR count). The Morgan fingerprint density at radius 3 is 3.07 bits per heavy atom. The zero-order valence-corrected chi connectivity index (χ0v) is 11.6. The van der Waals surface area contributed by atoms with Crippen molar-refractivity contribution in [2.24, 2.45) is 0 Å². The fourth-order valence-electron chi connectivity index (χ4n) is 1.60. The number of halogens is 1. The molecule has 0 unspecified atom stereocenters. The van der Waals surface area contributed by atoms with Crippen molar-refractivity contribution in [2.75, 3.05) is 18.1 Å². The summed E-state index contributed by atoms with van der Waals surface area (Å²) in [7, 11) is 0. The Bertz CT molecular complexity index is 323. The molecule has 0 saturated carbocycles. The SMILES string of the molecule is O[C@@]1(CNCc2sccc2Br)CCSC1. The van der Waals surface area contributed by atoms with Gasteiger partial charge in [-0.05, 0) is 39.6 Å². The van der Waals surface area contributed by atoms with Gasteiger partial charge in [0.1, 0.15) is 0 Å². The number of nitrogens with one attached hydrogen (secondary N) is 1. The molecule has 1 aliphatic rings. The number of rotatable bonds is 4. The maximum absolute atomic E-state index is 10.1. The number of hydrogen-bond acceptors (Lipinski definition) is 4. The molecule has 2 nitrogen and oxygen atoms in total. The second-order valence-corrected chi connectivity index (χ2v) is 6.78. The fraction of sp³-hybridized carbons (Fsp3) is 0.600. The van der Waals surface area contributed by atoms with Crippen LogP contribution in [0.25, 0.3) is 0 Å². The Labute approximate surface area is 107 Å². The second kappa shape index (κ2) is 5.19. The van der Waals surface area contributed by atoms with Crippen LogP contribution in [0.5, 0.6) is 0 Å². The predicted octanol–water partition coefficient (Wildman–Crippen LogP) is 2.47. The average Bonchev–Trinajstić information content (AvgIpc) is 2.78. The summed E-state index contributed by atoms with van der Waals surface area (Å²) in [5.74, 6) is 1.95. The molecule has 0 aromatic carbocycles. The lowest BCUT2D eigenvalue weighted by molar-refractivity contribution is 0.0675. The monoisotopic (exact) mass is 307 g/mol. The van der Waals surface area contributed by atoms with Gasteiger partial charge in [-0.3, -0.25) is 0 Å². The molecular formula is C10H14BrNOS2. The van der Waals surface area contributed by atoms with Crippen LogP contribution in [0.3, 0.4) is 0 Å². The molecule has 2 N–H and O–H groups in total. The lowest BCUT2D eigenvalue weighted by Gasteiger charge is -2.21. The molecule has 15 heavy (non-hydrogen) atoms. The maximum atomic E-state index is 10.1. The topological polar surface area (TPSA) is 32.3 Å². The number of thioether (sulfide) groups is 1. The number of hydrogen-bond donors (Lipinski definition) is 2. The third kappa shape index (κ3) is 3.20. The zero-order chi connectivity index (χ0) is 10.7. The van der Waals surface area contributed by atoms with Crippen LogP contribution in [-0.2, 0) is 6.54 Å². The molecule has 1 atom stereocenters. The quantitative estimate of drug-likeness (QED) is 0.896. The van der Waals surface area contributed by atoms with Gasteiger partial charge in [-0.15, -0.1) is 11.3 Å². The van der Waals surface area contributed by atoms with Gasteiger partial charge >= 0.3 is 0 Å². The van der Waals surface area contributed by atoms with Crippen LogP contribution in [0, 0.1) is 0 Å². The van der Waals surface area contributed by atoms with Gasteiger partial charge in [0.05, 0.1) is 5.60 Å². The Balaban J connectivity index is 1.77. The van der Waals surface area contributed by atoms with Gasteiger partial charge in [-0.2, -0.15) is 11.8 Å². The highest BCUT2D eigenvalue weighted by molar-refractivity contribution is 9.10. The molecule has 1 saturated heterocycles. The van der Waals surface area contributed by atoms with Gasteiger partial charge in [-0.25, -0.2) is 0 Å². The minimum atomic E-state index is -0.478. The minimum Gasteiger partial charge on any atom is -0.388 e. The van der Waals surface area contributed by atoms with Gasteiger partial charge in [-0.1, -0.05) is 0 Å². The Kier molecular flexibility index (Phi) is 4.12. The Morgan fingerprint density at radius 2 is 2.47 bits per heavy atom.